The summed E-state index contributed by atoms with van der Waals surface area (Å²) in [4.78, 5) is 12.1. The van der Waals surface area contributed by atoms with Gasteiger partial charge >= 0.3 is 0 Å². The van der Waals surface area contributed by atoms with Crippen LogP contribution in [0.3, 0.4) is 0 Å². The predicted octanol–water partition coefficient (Wildman–Crippen LogP) is 1.42. The van der Waals surface area contributed by atoms with Crippen molar-refractivity contribution in [2.45, 2.75) is 26.9 Å². The Balaban J connectivity index is 2.09. The topological polar surface area (TPSA) is 83.8 Å². The number of aryl methyl sites for hydroxylation is 2. The number of hydrogen-bond donors (Lipinski definition) is 3. The lowest BCUT2D eigenvalue weighted by molar-refractivity contribution is 0.0949. The fourth-order valence-corrected chi connectivity index (χ4v) is 2.08. The molecule has 0 aliphatic heterocycles. The van der Waals surface area contributed by atoms with E-state index in [1.807, 2.05) is 38.1 Å². The molecule has 5 heteroatoms. The van der Waals surface area contributed by atoms with Gasteiger partial charge < -0.3 is 11.1 Å². The third-order valence-corrected chi connectivity index (χ3v) is 3.13. The molecule has 0 fully saturated rings. The molecule has 0 spiro atoms. The van der Waals surface area contributed by atoms with Crippen LogP contribution in [0, 0.1) is 13.8 Å². The van der Waals surface area contributed by atoms with Crippen molar-refractivity contribution in [1.82, 2.24) is 15.5 Å². The second kappa shape index (κ2) is 5.67. The Kier molecular flexibility index (Phi) is 3.97. The number of nitrogens with zero attached hydrogens (tertiary/aromatic N) is 1. The van der Waals surface area contributed by atoms with E-state index >= 15 is 0 Å². The number of H-pyrrole nitrogens is 1. The highest BCUT2D eigenvalue weighted by Gasteiger charge is 2.14. The van der Waals surface area contributed by atoms with E-state index < -0.39 is 0 Å². The molecule has 5 nitrogen and oxygen atoms in total. The molecule has 1 aromatic heterocycles. The van der Waals surface area contributed by atoms with Crippen molar-refractivity contribution in [3.05, 3.63) is 52.3 Å². The number of amides is 1. The van der Waals surface area contributed by atoms with Crippen LogP contribution < -0.4 is 11.1 Å². The van der Waals surface area contributed by atoms with E-state index in [1.165, 1.54) is 0 Å². The van der Waals surface area contributed by atoms with E-state index in [2.05, 4.69) is 15.5 Å². The lowest BCUT2D eigenvalue weighted by Crippen LogP contribution is -2.24. The van der Waals surface area contributed by atoms with Crippen LogP contribution >= 0.6 is 0 Å². The van der Waals surface area contributed by atoms with Crippen LogP contribution in [0.5, 0.6) is 0 Å². The van der Waals surface area contributed by atoms with Crippen molar-refractivity contribution < 1.29 is 4.79 Å². The number of nitrogens with two attached hydrogens (primary N) is 1. The molecule has 0 saturated heterocycles. The van der Waals surface area contributed by atoms with Crippen LogP contribution in [0.2, 0.25) is 0 Å². The first kappa shape index (κ1) is 13.3. The van der Waals surface area contributed by atoms with Gasteiger partial charge in [0.15, 0.2) is 0 Å². The fraction of sp³-hybridized carbons (Fsp3) is 0.286. The lowest BCUT2D eigenvalue weighted by Gasteiger charge is -2.09. The second-order valence-electron chi connectivity index (χ2n) is 4.46. The summed E-state index contributed by atoms with van der Waals surface area (Å²) in [5, 5.41) is 9.73. The summed E-state index contributed by atoms with van der Waals surface area (Å²) in [5.74, 6) is -0.115. The molecule has 0 bridgehead atoms. The van der Waals surface area contributed by atoms with Gasteiger partial charge in [0.25, 0.3) is 5.91 Å². The molecule has 2 aromatic rings. The Bertz CT molecular complexity index is 569. The third-order valence-electron chi connectivity index (χ3n) is 3.13. The van der Waals surface area contributed by atoms with E-state index in [-0.39, 0.29) is 5.91 Å². The molecule has 0 atom stereocenters. The highest BCUT2D eigenvalue weighted by atomic mass is 16.1. The molecule has 2 rings (SSSR count). The SMILES string of the molecule is Cc1n[nH]c(C)c1C(=O)NCc1ccccc1CN. The number of hydrogen-bond acceptors (Lipinski definition) is 3. The lowest BCUT2D eigenvalue weighted by atomic mass is 10.1. The van der Waals surface area contributed by atoms with Crippen molar-refractivity contribution in [1.29, 1.82) is 0 Å². The summed E-state index contributed by atoms with van der Waals surface area (Å²) in [7, 11) is 0. The van der Waals surface area contributed by atoms with Gasteiger partial charge in [-0.1, -0.05) is 24.3 Å². The van der Waals surface area contributed by atoms with Crippen LogP contribution in [0.1, 0.15) is 32.9 Å². The number of carbonyl (C=O) groups excluding carboxylic acids is 1. The Morgan fingerprint density at radius 3 is 2.58 bits per heavy atom. The summed E-state index contributed by atoms with van der Waals surface area (Å²) >= 11 is 0. The van der Waals surface area contributed by atoms with Gasteiger partial charge in [-0.2, -0.15) is 5.10 Å². The largest absolute Gasteiger partial charge is 0.348 e. The quantitative estimate of drug-likeness (QED) is 0.775. The van der Waals surface area contributed by atoms with Gasteiger partial charge in [-0.25, -0.2) is 0 Å². The van der Waals surface area contributed by atoms with Crippen LogP contribution in [0.15, 0.2) is 24.3 Å². The molecule has 1 amide bonds. The van der Waals surface area contributed by atoms with E-state index in [4.69, 9.17) is 5.73 Å². The van der Waals surface area contributed by atoms with Gasteiger partial charge in [-0.15, -0.1) is 0 Å². The van der Waals surface area contributed by atoms with Gasteiger partial charge in [0, 0.05) is 18.8 Å². The summed E-state index contributed by atoms with van der Waals surface area (Å²) in [5.41, 5.74) is 9.86. The van der Waals surface area contributed by atoms with Crippen LogP contribution in [-0.2, 0) is 13.1 Å². The molecule has 1 heterocycles. The monoisotopic (exact) mass is 258 g/mol. The fourth-order valence-electron chi connectivity index (χ4n) is 2.08. The number of carbonyl (C=O) groups is 1. The first-order chi connectivity index (χ1) is 9.13. The number of aromatic amines is 1. The van der Waals surface area contributed by atoms with Crippen LogP contribution in [0.4, 0.5) is 0 Å². The van der Waals surface area contributed by atoms with E-state index in [0.29, 0.717) is 24.3 Å². The Hall–Kier alpha value is -2.14. The highest BCUT2D eigenvalue weighted by Crippen LogP contribution is 2.11. The maximum absolute atomic E-state index is 12.1. The standard InChI is InChI=1S/C14H18N4O/c1-9-13(10(2)18-17-9)14(19)16-8-12-6-4-3-5-11(12)7-15/h3-6H,7-8,15H2,1-2H3,(H,16,19)(H,17,18). The highest BCUT2D eigenvalue weighted by molar-refractivity contribution is 5.96. The van der Waals surface area contributed by atoms with Gasteiger partial charge in [-0.3, -0.25) is 9.89 Å². The van der Waals surface area contributed by atoms with E-state index in [1.54, 1.807) is 0 Å². The average molecular weight is 258 g/mol. The van der Waals surface area contributed by atoms with Crippen molar-refractivity contribution in [3.8, 4) is 0 Å². The number of rotatable bonds is 4. The van der Waals surface area contributed by atoms with Gasteiger partial charge in [0.2, 0.25) is 0 Å². The van der Waals surface area contributed by atoms with Crippen molar-refractivity contribution in [2.24, 2.45) is 5.73 Å². The number of aromatic nitrogens is 2. The minimum absolute atomic E-state index is 0.115. The smallest absolute Gasteiger partial charge is 0.255 e. The molecular formula is C14H18N4O. The summed E-state index contributed by atoms with van der Waals surface area (Å²) in [6, 6.07) is 7.82. The number of benzene rings is 1. The predicted molar refractivity (Wildman–Crippen MR) is 73.6 cm³/mol. The molecular weight excluding hydrogens is 240 g/mol. The maximum Gasteiger partial charge on any atom is 0.255 e. The molecule has 1 aromatic carbocycles. The van der Waals surface area contributed by atoms with E-state index in [9.17, 15) is 4.79 Å². The minimum atomic E-state index is -0.115. The average Bonchev–Trinajstić information content (AvgIpc) is 2.76. The molecule has 0 radical (unpaired) electrons. The normalized spacial score (nSPS) is 10.5. The molecule has 4 N–H and O–H groups in total. The van der Waals surface area contributed by atoms with Gasteiger partial charge in [0.05, 0.1) is 11.3 Å². The van der Waals surface area contributed by atoms with Crippen molar-refractivity contribution in [2.75, 3.05) is 0 Å². The zero-order valence-corrected chi connectivity index (χ0v) is 11.2. The summed E-state index contributed by atoms with van der Waals surface area (Å²) in [6.45, 7) is 4.58. The Morgan fingerprint density at radius 1 is 1.32 bits per heavy atom. The zero-order chi connectivity index (χ0) is 13.8. The summed E-state index contributed by atoms with van der Waals surface area (Å²) < 4.78 is 0. The number of nitrogens with one attached hydrogen (secondary N) is 2. The summed E-state index contributed by atoms with van der Waals surface area (Å²) in [6.07, 6.45) is 0. The molecule has 0 aliphatic rings. The van der Waals surface area contributed by atoms with Gasteiger partial charge in [0.1, 0.15) is 0 Å². The first-order valence-electron chi connectivity index (χ1n) is 6.20. The van der Waals surface area contributed by atoms with Crippen molar-refractivity contribution >= 4 is 5.91 Å². The second-order valence-corrected chi connectivity index (χ2v) is 4.46. The third kappa shape index (κ3) is 2.82. The van der Waals surface area contributed by atoms with Crippen molar-refractivity contribution in [3.63, 3.8) is 0 Å². The maximum atomic E-state index is 12.1. The first-order valence-corrected chi connectivity index (χ1v) is 6.20. The molecule has 100 valence electrons. The van der Waals surface area contributed by atoms with E-state index in [0.717, 1.165) is 16.8 Å². The Morgan fingerprint density at radius 2 is 2.00 bits per heavy atom. The van der Waals surface area contributed by atoms with Crippen LogP contribution in [-0.4, -0.2) is 16.1 Å². The minimum Gasteiger partial charge on any atom is -0.348 e. The Labute approximate surface area is 112 Å². The molecule has 19 heavy (non-hydrogen) atoms. The molecule has 0 saturated carbocycles. The molecule has 0 aliphatic carbocycles. The molecule has 0 unspecified atom stereocenters. The zero-order valence-electron chi connectivity index (χ0n) is 11.2. The van der Waals surface area contributed by atoms with Gasteiger partial charge in [-0.05, 0) is 25.0 Å². The van der Waals surface area contributed by atoms with Crippen LogP contribution in [0.25, 0.3) is 0 Å².